The van der Waals surface area contributed by atoms with E-state index in [1.165, 1.54) is 7.11 Å². The Morgan fingerprint density at radius 2 is 2.22 bits per heavy atom. The summed E-state index contributed by atoms with van der Waals surface area (Å²) in [5.41, 5.74) is 5.72. The van der Waals surface area contributed by atoms with E-state index in [4.69, 9.17) is 11.0 Å². The van der Waals surface area contributed by atoms with Crippen LogP contribution in [0.5, 0.6) is 5.75 Å². The summed E-state index contributed by atoms with van der Waals surface area (Å²) in [6.45, 7) is -3.01. The molecule has 0 unspecified atom stereocenters. The van der Waals surface area contributed by atoms with Gasteiger partial charge in [0.2, 0.25) is 0 Å². The van der Waals surface area contributed by atoms with Gasteiger partial charge in [0.05, 0.1) is 24.8 Å². The molecule has 0 heterocycles. The third-order valence-electron chi connectivity index (χ3n) is 2.12. The molecule has 0 aromatic heterocycles. The van der Waals surface area contributed by atoms with E-state index >= 15 is 0 Å². The van der Waals surface area contributed by atoms with E-state index in [2.05, 4.69) is 9.47 Å². The van der Waals surface area contributed by atoms with Crippen LogP contribution in [0.2, 0.25) is 0 Å². The zero-order valence-corrected chi connectivity index (χ0v) is 9.44. The lowest BCUT2D eigenvalue weighted by atomic mass is 10.0. The van der Waals surface area contributed by atoms with E-state index in [1.54, 1.807) is 6.07 Å². The number of hydrogen-bond acceptors (Lipinski definition) is 5. The van der Waals surface area contributed by atoms with Crippen molar-refractivity contribution in [2.24, 2.45) is 0 Å². The number of rotatable bonds is 4. The van der Waals surface area contributed by atoms with Crippen molar-refractivity contribution in [2.75, 3.05) is 12.8 Å². The maximum absolute atomic E-state index is 12.1. The van der Waals surface area contributed by atoms with Crippen molar-refractivity contribution in [1.82, 2.24) is 0 Å². The first kappa shape index (κ1) is 13.7. The van der Waals surface area contributed by atoms with Gasteiger partial charge < -0.3 is 15.2 Å². The molecule has 0 spiro atoms. The standard InChI is InChI=1S/C11H10F2N2O3/c1-17-10(16)3-6-2-7(18-11(12)13)4-9(15)8(6)5-14/h2,4,11H,3,15H2,1H3. The van der Waals surface area contributed by atoms with Gasteiger partial charge in [-0.05, 0) is 11.6 Å². The number of anilines is 1. The number of nitrogen functional groups attached to an aromatic ring is 1. The fraction of sp³-hybridized carbons (Fsp3) is 0.273. The molecule has 0 aliphatic carbocycles. The van der Waals surface area contributed by atoms with Gasteiger partial charge in [0, 0.05) is 6.07 Å². The average Bonchev–Trinajstić information content (AvgIpc) is 2.27. The summed E-state index contributed by atoms with van der Waals surface area (Å²) < 4.78 is 32.8. The molecule has 0 amide bonds. The molecule has 7 heteroatoms. The quantitative estimate of drug-likeness (QED) is 0.651. The Bertz CT molecular complexity index is 498. The first-order chi connectivity index (χ1) is 8.47. The smallest absolute Gasteiger partial charge is 0.387 e. The van der Waals surface area contributed by atoms with Crippen molar-refractivity contribution in [1.29, 1.82) is 5.26 Å². The van der Waals surface area contributed by atoms with Gasteiger partial charge in [-0.25, -0.2) is 0 Å². The summed E-state index contributed by atoms with van der Waals surface area (Å²) in [4.78, 5) is 11.1. The minimum absolute atomic E-state index is 0.0328. The van der Waals surface area contributed by atoms with Crippen LogP contribution in [0, 0.1) is 11.3 Å². The average molecular weight is 256 g/mol. The highest BCUT2D eigenvalue weighted by Crippen LogP contribution is 2.26. The lowest BCUT2D eigenvalue weighted by Gasteiger charge is -2.10. The number of hydrogen-bond donors (Lipinski definition) is 1. The highest BCUT2D eigenvalue weighted by Gasteiger charge is 2.15. The molecule has 0 saturated carbocycles. The number of carbonyl (C=O) groups is 1. The lowest BCUT2D eigenvalue weighted by Crippen LogP contribution is -2.09. The van der Waals surface area contributed by atoms with Crippen LogP contribution in [0.15, 0.2) is 12.1 Å². The number of methoxy groups -OCH3 is 1. The largest absolute Gasteiger partial charge is 0.469 e. The van der Waals surface area contributed by atoms with Crippen LogP contribution in [-0.2, 0) is 16.0 Å². The molecule has 0 aliphatic heterocycles. The zero-order chi connectivity index (χ0) is 13.7. The number of benzene rings is 1. The lowest BCUT2D eigenvalue weighted by molar-refractivity contribution is -0.139. The Morgan fingerprint density at radius 1 is 1.56 bits per heavy atom. The van der Waals surface area contributed by atoms with Gasteiger partial charge in [0.15, 0.2) is 0 Å². The van der Waals surface area contributed by atoms with Crippen molar-refractivity contribution < 1.29 is 23.0 Å². The number of carbonyl (C=O) groups excluding carboxylic acids is 1. The van der Waals surface area contributed by atoms with Crippen molar-refractivity contribution in [2.45, 2.75) is 13.0 Å². The summed E-state index contributed by atoms with van der Waals surface area (Å²) in [7, 11) is 1.18. The molecule has 96 valence electrons. The molecule has 1 aromatic carbocycles. The van der Waals surface area contributed by atoms with E-state index < -0.39 is 12.6 Å². The fourth-order valence-corrected chi connectivity index (χ4v) is 1.37. The predicted molar refractivity (Wildman–Crippen MR) is 57.9 cm³/mol. The van der Waals surface area contributed by atoms with Gasteiger partial charge >= 0.3 is 12.6 Å². The van der Waals surface area contributed by atoms with Gasteiger partial charge in [-0.2, -0.15) is 14.0 Å². The van der Waals surface area contributed by atoms with E-state index in [-0.39, 0.29) is 29.0 Å². The van der Waals surface area contributed by atoms with Crippen LogP contribution in [0.4, 0.5) is 14.5 Å². The highest BCUT2D eigenvalue weighted by atomic mass is 19.3. The van der Waals surface area contributed by atoms with Crippen LogP contribution < -0.4 is 10.5 Å². The van der Waals surface area contributed by atoms with E-state index in [1.807, 2.05) is 0 Å². The minimum atomic E-state index is -3.01. The second-order valence-electron chi connectivity index (χ2n) is 3.29. The summed E-state index contributed by atoms with van der Waals surface area (Å²) in [6, 6.07) is 4.07. The molecule has 1 aromatic rings. The maximum atomic E-state index is 12.1. The molecule has 0 saturated heterocycles. The molecular weight excluding hydrogens is 246 g/mol. The molecular formula is C11H10F2N2O3. The summed E-state index contributed by atoms with van der Waals surface area (Å²) in [5.74, 6) is -0.819. The van der Waals surface area contributed by atoms with Crippen molar-refractivity contribution in [3.8, 4) is 11.8 Å². The Morgan fingerprint density at radius 3 is 2.72 bits per heavy atom. The van der Waals surface area contributed by atoms with Gasteiger partial charge in [0.1, 0.15) is 11.8 Å². The monoisotopic (exact) mass is 256 g/mol. The third kappa shape index (κ3) is 3.31. The topological polar surface area (TPSA) is 85.3 Å². The Kier molecular flexibility index (Phi) is 4.43. The second-order valence-corrected chi connectivity index (χ2v) is 3.29. The van der Waals surface area contributed by atoms with Gasteiger partial charge in [-0.1, -0.05) is 0 Å². The minimum Gasteiger partial charge on any atom is -0.469 e. The first-order valence-corrected chi connectivity index (χ1v) is 4.82. The van der Waals surface area contributed by atoms with Crippen LogP contribution >= 0.6 is 0 Å². The molecule has 0 aliphatic rings. The van der Waals surface area contributed by atoms with Gasteiger partial charge in [-0.3, -0.25) is 4.79 Å². The fourth-order valence-electron chi connectivity index (χ4n) is 1.37. The van der Waals surface area contributed by atoms with Crippen molar-refractivity contribution in [3.05, 3.63) is 23.3 Å². The highest BCUT2D eigenvalue weighted by molar-refractivity contribution is 5.75. The van der Waals surface area contributed by atoms with Crippen LogP contribution in [0.25, 0.3) is 0 Å². The number of ether oxygens (including phenoxy) is 2. The summed E-state index contributed by atoms with van der Waals surface area (Å²) in [6.07, 6.45) is -0.246. The normalized spacial score (nSPS) is 9.94. The number of alkyl halides is 2. The van der Waals surface area contributed by atoms with E-state index in [0.717, 1.165) is 12.1 Å². The number of halogens is 2. The Labute approximate surface area is 102 Å². The SMILES string of the molecule is COC(=O)Cc1cc(OC(F)F)cc(N)c1C#N. The molecule has 0 atom stereocenters. The number of nitrogens with zero attached hydrogens (tertiary/aromatic N) is 1. The maximum Gasteiger partial charge on any atom is 0.387 e. The molecule has 5 nitrogen and oxygen atoms in total. The molecule has 1 rings (SSSR count). The van der Waals surface area contributed by atoms with Crippen LogP contribution in [0.3, 0.4) is 0 Å². The number of nitriles is 1. The number of esters is 1. The zero-order valence-electron chi connectivity index (χ0n) is 9.44. The van der Waals surface area contributed by atoms with Gasteiger partial charge in [0.25, 0.3) is 0 Å². The Balaban J connectivity index is 3.15. The van der Waals surface area contributed by atoms with E-state index in [9.17, 15) is 13.6 Å². The predicted octanol–water partition coefficient (Wildman–Crippen LogP) is 1.46. The third-order valence-corrected chi connectivity index (χ3v) is 2.12. The van der Waals surface area contributed by atoms with Crippen molar-refractivity contribution in [3.63, 3.8) is 0 Å². The molecule has 0 bridgehead atoms. The summed E-state index contributed by atoms with van der Waals surface area (Å²) >= 11 is 0. The molecule has 0 fully saturated rings. The second kappa shape index (κ2) is 5.82. The van der Waals surface area contributed by atoms with Crippen LogP contribution in [-0.4, -0.2) is 19.7 Å². The van der Waals surface area contributed by atoms with Crippen molar-refractivity contribution >= 4 is 11.7 Å². The van der Waals surface area contributed by atoms with Gasteiger partial charge in [-0.15, -0.1) is 0 Å². The first-order valence-electron chi connectivity index (χ1n) is 4.82. The molecule has 0 radical (unpaired) electrons. The Hall–Kier alpha value is -2.36. The summed E-state index contributed by atoms with van der Waals surface area (Å²) in [5, 5.41) is 8.89. The van der Waals surface area contributed by atoms with Crippen LogP contribution in [0.1, 0.15) is 11.1 Å². The number of nitrogens with two attached hydrogens (primary N) is 1. The molecule has 18 heavy (non-hydrogen) atoms. The molecule has 2 N–H and O–H groups in total. The van der Waals surface area contributed by atoms with E-state index in [0.29, 0.717) is 0 Å².